The molecule has 1 N–H and O–H groups in total. The standard InChI is InChI=1S/C23H27N5O/c1-17-14-18(2)26-23(25-17)27-20-8-9-21(24-15-20)22-16-28(12-13-29-22)11-10-19-6-4-3-5-7-19/h3-9,14-15,22H,10-13,16H2,1-2H3,(H,25,26,27)/t22-/m0/s1. The SMILES string of the molecule is Cc1cc(C)nc(Nc2ccc([C@@H]3CN(CCc4ccccc4)CCO3)nc2)n1. The Morgan fingerprint density at radius 3 is 2.59 bits per heavy atom. The van der Waals surface area contributed by atoms with Crippen molar-refractivity contribution in [2.75, 3.05) is 31.6 Å². The second-order valence-electron chi connectivity index (χ2n) is 7.47. The van der Waals surface area contributed by atoms with E-state index in [0.29, 0.717) is 5.95 Å². The van der Waals surface area contributed by atoms with Gasteiger partial charge in [0.15, 0.2) is 0 Å². The van der Waals surface area contributed by atoms with Crippen LogP contribution >= 0.6 is 0 Å². The number of aromatic nitrogens is 3. The molecule has 1 fully saturated rings. The Labute approximate surface area is 172 Å². The molecule has 6 heteroatoms. The molecule has 1 aliphatic heterocycles. The molecule has 2 aromatic heterocycles. The Kier molecular flexibility index (Phi) is 6.12. The summed E-state index contributed by atoms with van der Waals surface area (Å²) in [7, 11) is 0. The van der Waals surface area contributed by atoms with Crippen molar-refractivity contribution in [3.05, 3.63) is 77.4 Å². The van der Waals surface area contributed by atoms with Gasteiger partial charge in [0.1, 0.15) is 6.10 Å². The van der Waals surface area contributed by atoms with E-state index in [2.05, 4.69) is 55.5 Å². The van der Waals surface area contributed by atoms with Gasteiger partial charge in [-0.05, 0) is 44.0 Å². The number of pyridine rings is 1. The first-order valence-corrected chi connectivity index (χ1v) is 10.1. The van der Waals surface area contributed by atoms with Crippen LogP contribution in [-0.4, -0.2) is 46.1 Å². The highest BCUT2D eigenvalue weighted by atomic mass is 16.5. The summed E-state index contributed by atoms with van der Waals surface area (Å²) in [5, 5.41) is 3.23. The summed E-state index contributed by atoms with van der Waals surface area (Å²) in [5.41, 5.74) is 5.08. The van der Waals surface area contributed by atoms with Gasteiger partial charge in [0.05, 0.1) is 24.2 Å². The number of aryl methyl sites for hydroxylation is 2. The lowest BCUT2D eigenvalue weighted by Crippen LogP contribution is -2.39. The maximum absolute atomic E-state index is 5.99. The Morgan fingerprint density at radius 2 is 1.86 bits per heavy atom. The van der Waals surface area contributed by atoms with Crippen molar-refractivity contribution in [2.24, 2.45) is 0 Å². The van der Waals surface area contributed by atoms with Gasteiger partial charge in [-0.15, -0.1) is 0 Å². The Morgan fingerprint density at radius 1 is 1.07 bits per heavy atom. The van der Waals surface area contributed by atoms with E-state index in [1.807, 2.05) is 38.2 Å². The van der Waals surface area contributed by atoms with Gasteiger partial charge in [0.2, 0.25) is 5.95 Å². The summed E-state index contributed by atoms with van der Waals surface area (Å²) < 4.78 is 5.99. The average Bonchev–Trinajstić information content (AvgIpc) is 2.73. The number of morpholine rings is 1. The first-order valence-electron chi connectivity index (χ1n) is 10.1. The predicted molar refractivity (Wildman–Crippen MR) is 114 cm³/mol. The van der Waals surface area contributed by atoms with Crippen LogP contribution in [0.3, 0.4) is 0 Å². The third-order valence-electron chi connectivity index (χ3n) is 5.06. The van der Waals surface area contributed by atoms with E-state index in [0.717, 1.165) is 55.4 Å². The number of rotatable bonds is 6. The molecule has 0 saturated carbocycles. The van der Waals surface area contributed by atoms with Crippen molar-refractivity contribution in [1.82, 2.24) is 19.9 Å². The lowest BCUT2D eigenvalue weighted by atomic mass is 10.1. The minimum atomic E-state index is 0.00559. The number of nitrogens with one attached hydrogen (secondary N) is 1. The van der Waals surface area contributed by atoms with Crippen LogP contribution in [0, 0.1) is 13.8 Å². The molecule has 1 aliphatic rings. The van der Waals surface area contributed by atoms with Gasteiger partial charge in [-0.1, -0.05) is 30.3 Å². The van der Waals surface area contributed by atoms with Gasteiger partial charge in [0, 0.05) is 31.0 Å². The number of benzene rings is 1. The van der Waals surface area contributed by atoms with E-state index in [9.17, 15) is 0 Å². The second-order valence-corrected chi connectivity index (χ2v) is 7.47. The molecule has 0 unspecified atom stereocenters. The van der Waals surface area contributed by atoms with Crippen LogP contribution in [0.25, 0.3) is 0 Å². The van der Waals surface area contributed by atoms with Crippen molar-refractivity contribution >= 4 is 11.6 Å². The minimum absolute atomic E-state index is 0.00559. The highest BCUT2D eigenvalue weighted by Gasteiger charge is 2.22. The molecule has 0 aliphatic carbocycles. The van der Waals surface area contributed by atoms with E-state index in [1.165, 1.54) is 5.56 Å². The van der Waals surface area contributed by atoms with Crippen LogP contribution in [-0.2, 0) is 11.2 Å². The molecule has 29 heavy (non-hydrogen) atoms. The molecule has 0 amide bonds. The molecule has 3 heterocycles. The monoisotopic (exact) mass is 389 g/mol. The molecule has 0 bridgehead atoms. The number of nitrogens with zero attached hydrogens (tertiary/aromatic N) is 4. The van der Waals surface area contributed by atoms with Gasteiger partial charge < -0.3 is 10.1 Å². The van der Waals surface area contributed by atoms with E-state index in [4.69, 9.17) is 4.74 Å². The first kappa shape index (κ1) is 19.5. The number of anilines is 2. The molecule has 1 atom stereocenters. The van der Waals surface area contributed by atoms with Crippen molar-refractivity contribution < 1.29 is 4.74 Å². The van der Waals surface area contributed by atoms with Crippen molar-refractivity contribution in [2.45, 2.75) is 26.4 Å². The van der Waals surface area contributed by atoms with Crippen LogP contribution in [0.4, 0.5) is 11.6 Å². The molecule has 0 radical (unpaired) electrons. The van der Waals surface area contributed by atoms with E-state index in [-0.39, 0.29) is 6.10 Å². The van der Waals surface area contributed by atoms with Gasteiger partial charge in [-0.3, -0.25) is 9.88 Å². The minimum Gasteiger partial charge on any atom is -0.369 e. The second kappa shape index (κ2) is 9.11. The zero-order valence-corrected chi connectivity index (χ0v) is 17.0. The maximum atomic E-state index is 5.99. The predicted octanol–water partition coefficient (Wildman–Crippen LogP) is 3.85. The highest BCUT2D eigenvalue weighted by Crippen LogP contribution is 2.22. The molecule has 6 nitrogen and oxygen atoms in total. The first-order chi connectivity index (χ1) is 14.2. The largest absolute Gasteiger partial charge is 0.369 e. The van der Waals surface area contributed by atoms with Gasteiger partial charge in [0.25, 0.3) is 0 Å². The van der Waals surface area contributed by atoms with Crippen LogP contribution in [0.5, 0.6) is 0 Å². The van der Waals surface area contributed by atoms with Crippen LogP contribution < -0.4 is 5.32 Å². The number of hydrogen-bond donors (Lipinski definition) is 1. The Bertz CT molecular complexity index is 910. The quantitative estimate of drug-likeness (QED) is 0.691. The van der Waals surface area contributed by atoms with Crippen molar-refractivity contribution in [3.8, 4) is 0 Å². The molecule has 1 saturated heterocycles. The Hall–Kier alpha value is -2.83. The van der Waals surface area contributed by atoms with E-state index >= 15 is 0 Å². The van der Waals surface area contributed by atoms with Crippen molar-refractivity contribution in [1.29, 1.82) is 0 Å². The lowest BCUT2D eigenvalue weighted by Gasteiger charge is -2.32. The van der Waals surface area contributed by atoms with Gasteiger partial charge >= 0.3 is 0 Å². The summed E-state index contributed by atoms with van der Waals surface area (Å²) >= 11 is 0. The molecule has 1 aromatic carbocycles. The zero-order chi connectivity index (χ0) is 20.1. The summed E-state index contributed by atoms with van der Waals surface area (Å²) in [4.78, 5) is 15.9. The van der Waals surface area contributed by atoms with Crippen LogP contribution in [0.2, 0.25) is 0 Å². The molecular formula is C23H27N5O. The summed E-state index contributed by atoms with van der Waals surface area (Å²) in [5.74, 6) is 0.595. The van der Waals surface area contributed by atoms with Crippen LogP contribution in [0.1, 0.15) is 28.7 Å². The number of hydrogen-bond acceptors (Lipinski definition) is 6. The summed E-state index contributed by atoms with van der Waals surface area (Å²) in [6.07, 6.45) is 2.88. The topological polar surface area (TPSA) is 63.2 Å². The fraction of sp³-hybridized carbons (Fsp3) is 0.348. The average molecular weight is 390 g/mol. The summed E-state index contributed by atoms with van der Waals surface area (Å²) in [6.45, 7) is 7.53. The molecule has 150 valence electrons. The fourth-order valence-electron chi connectivity index (χ4n) is 3.60. The van der Waals surface area contributed by atoms with Crippen LogP contribution in [0.15, 0.2) is 54.7 Å². The molecular weight excluding hydrogens is 362 g/mol. The molecule has 4 rings (SSSR count). The summed E-state index contributed by atoms with van der Waals surface area (Å²) in [6, 6.07) is 16.6. The highest BCUT2D eigenvalue weighted by molar-refractivity contribution is 5.52. The molecule has 0 spiro atoms. The third-order valence-corrected chi connectivity index (χ3v) is 5.06. The van der Waals surface area contributed by atoms with E-state index in [1.54, 1.807) is 0 Å². The lowest BCUT2D eigenvalue weighted by molar-refractivity contribution is -0.0316. The smallest absolute Gasteiger partial charge is 0.227 e. The van der Waals surface area contributed by atoms with Gasteiger partial charge in [-0.25, -0.2) is 9.97 Å². The molecule has 3 aromatic rings. The fourth-order valence-corrected chi connectivity index (χ4v) is 3.60. The van der Waals surface area contributed by atoms with E-state index < -0.39 is 0 Å². The number of ether oxygens (including phenoxy) is 1. The Balaban J connectivity index is 1.35. The third kappa shape index (κ3) is 5.37. The maximum Gasteiger partial charge on any atom is 0.227 e. The zero-order valence-electron chi connectivity index (χ0n) is 17.0. The van der Waals surface area contributed by atoms with Crippen molar-refractivity contribution in [3.63, 3.8) is 0 Å². The normalized spacial score (nSPS) is 17.2. The van der Waals surface area contributed by atoms with Gasteiger partial charge in [-0.2, -0.15) is 0 Å².